The van der Waals surface area contributed by atoms with Gasteiger partial charge in [0, 0.05) is 36.9 Å². The Hall–Kier alpha value is -3.59. The summed E-state index contributed by atoms with van der Waals surface area (Å²) >= 11 is 0. The van der Waals surface area contributed by atoms with E-state index in [0.29, 0.717) is 25.9 Å². The molecule has 1 atom stereocenters. The lowest BCUT2D eigenvalue weighted by Crippen LogP contribution is -2.50. The number of imide groups is 1. The fourth-order valence-electron chi connectivity index (χ4n) is 4.24. The number of carbonyl (C=O) groups is 3. The highest BCUT2D eigenvalue weighted by molar-refractivity contribution is 5.92. The Morgan fingerprint density at radius 2 is 2.03 bits per heavy atom. The molecule has 9 heteroatoms. The maximum atomic E-state index is 13.3. The van der Waals surface area contributed by atoms with E-state index in [9.17, 15) is 18.8 Å². The molecule has 0 aliphatic carbocycles. The van der Waals surface area contributed by atoms with Gasteiger partial charge in [0.1, 0.15) is 11.5 Å². The zero-order valence-corrected chi connectivity index (χ0v) is 17.6. The fourth-order valence-corrected chi connectivity index (χ4v) is 4.24. The number of aromatic nitrogens is 2. The van der Waals surface area contributed by atoms with Crippen LogP contribution in [-0.4, -0.2) is 62.4 Å². The quantitative estimate of drug-likeness (QED) is 0.567. The van der Waals surface area contributed by atoms with E-state index in [1.807, 2.05) is 17.0 Å². The van der Waals surface area contributed by atoms with Crippen LogP contribution in [0.25, 0.3) is 11.0 Å². The summed E-state index contributed by atoms with van der Waals surface area (Å²) in [7, 11) is 1.80. The molecule has 1 unspecified atom stereocenters. The Balaban J connectivity index is 1.68. The molecule has 2 aromatic heterocycles. The van der Waals surface area contributed by atoms with Crippen LogP contribution in [0.5, 0.6) is 0 Å². The zero-order valence-electron chi connectivity index (χ0n) is 17.6. The largest absolute Gasteiger partial charge is 0.481 e. The fraction of sp³-hybridized carbons (Fsp3) is 0.304. The minimum Gasteiger partial charge on any atom is -0.481 e. The Morgan fingerprint density at radius 3 is 2.72 bits per heavy atom. The maximum Gasteiger partial charge on any atom is 0.305 e. The van der Waals surface area contributed by atoms with Crippen LogP contribution >= 0.6 is 0 Å². The molecule has 4 rings (SSSR count). The van der Waals surface area contributed by atoms with Crippen molar-refractivity contribution in [3.05, 3.63) is 65.2 Å². The number of likely N-dealkylation sites (N-methyl/N-ethyl adjacent to an activating group) is 1. The summed E-state index contributed by atoms with van der Waals surface area (Å²) < 4.78 is 15.4. The molecule has 3 aromatic rings. The molecule has 0 saturated heterocycles. The van der Waals surface area contributed by atoms with Crippen LogP contribution < -0.4 is 0 Å². The van der Waals surface area contributed by atoms with Crippen LogP contribution in [0.1, 0.15) is 23.2 Å². The van der Waals surface area contributed by atoms with Crippen molar-refractivity contribution in [2.45, 2.75) is 32.0 Å². The first kappa shape index (κ1) is 21.6. The number of hydrogen-bond donors (Lipinski definition) is 1. The van der Waals surface area contributed by atoms with Gasteiger partial charge in [-0.05, 0) is 48.9 Å². The molecule has 0 bridgehead atoms. The van der Waals surface area contributed by atoms with Gasteiger partial charge >= 0.3 is 5.97 Å². The lowest BCUT2D eigenvalue weighted by Gasteiger charge is -2.34. The molecule has 3 heterocycles. The second kappa shape index (κ2) is 8.88. The van der Waals surface area contributed by atoms with Crippen LogP contribution in [0, 0.1) is 5.82 Å². The second-order valence-corrected chi connectivity index (χ2v) is 7.93. The van der Waals surface area contributed by atoms with Gasteiger partial charge in [0.15, 0.2) is 0 Å². The molecule has 0 fully saturated rings. The maximum absolute atomic E-state index is 13.3. The van der Waals surface area contributed by atoms with Crippen LogP contribution in [-0.2, 0) is 33.9 Å². The minimum atomic E-state index is -1.07. The Morgan fingerprint density at radius 1 is 1.28 bits per heavy atom. The number of amides is 2. The third-order valence-electron chi connectivity index (χ3n) is 5.89. The van der Waals surface area contributed by atoms with Crippen LogP contribution in [0.2, 0.25) is 0 Å². The standard InChI is InChI=1S/C23H23FN4O4/c1-26-13-20-18(11-19(26)23(32)27(14-29)10-8-21(30)31)17-3-2-9-25-22(17)28(20)12-15-4-6-16(24)7-5-15/h2-7,9,14,19H,8,10-13H2,1H3,(H,30,31). The van der Waals surface area contributed by atoms with Gasteiger partial charge in [0.2, 0.25) is 12.3 Å². The number of halogens is 1. The summed E-state index contributed by atoms with van der Waals surface area (Å²) in [5, 5.41) is 9.82. The van der Waals surface area contributed by atoms with Crippen LogP contribution in [0.4, 0.5) is 4.39 Å². The number of benzene rings is 1. The third-order valence-corrected chi connectivity index (χ3v) is 5.89. The number of carbonyl (C=O) groups excluding carboxylic acids is 2. The highest BCUT2D eigenvalue weighted by Gasteiger charge is 2.35. The first-order valence-corrected chi connectivity index (χ1v) is 10.3. The molecule has 0 saturated carbocycles. The lowest BCUT2D eigenvalue weighted by atomic mass is 9.96. The van der Waals surface area contributed by atoms with E-state index < -0.39 is 17.9 Å². The van der Waals surface area contributed by atoms with Crippen molar-refractivity contribution >= 4 is 29.3 Å². The number of hydrogen-bond acceptors (Lipinski definition) is 5. The van der Waals surface area contributed by atoms with Gasteiger partial charge in [-0.1, -0.05) is 12.1 Å². The molecule has 166 valence electrons. The molecular weight excluding hydrogens is 415 g/mol. The number of nitrogens with zero attached hydrogens (tertiary/aromatic N) is 4. The first-order valence-electron chi connectivity index (χ1n) is 10.3. The van der Waals surface area contributed by atoms with Crippen molar-refractivity contribution in [1.29, 1.82) is 0 Å². The Bertz CT molecular complexity index is 1170. The number of rotatable bonds is 7. The number of carboxylic acids is 1. The molecule has 2 amide bonds. The molecule has 1 aliphatic rings. The molecule has 0 spiro atoms. The van der Waals surface area contributed by atoms with E-state index in [-0.39, 0.29) is 18.8 Å². The molecule has 1 N–H and O–H groups in total. The molecule has 8 nitrogen and oxygen atoms in total. The summed E-state index contributed by atoms with van der Waals surface area (Å²) in [4.78, 5) is 42.7. The van der Waals surface area contributed by atoms with E-state index in [0.717, 1.165) is 32.8 Å². The average Bonchev–Trinajstić information content (AvgIpc) is 3.07. The van der Waals surface area contributed by atoms with E-state index in [1.165, 1.54) is 12.1 Å². The monoisotopic (exact) mass is 438 g/mol. The van der Waals surface area contributed by atoms with Gasteiger partial charge in [-0.15, -0.1) is 0 Å². The van der Waals surface area contributed by atoms with E-state index in [4.69, 9.17) is 5.11 Å². The summed E-state index contributed by atoms with van der Waals surface area (Å²) in [6, 6.07) is 9.52. The SMILES string of the molecule is CN1Cc2c(c3cccnc3n2Cc2ccc(F)cc2)CC1C(=O)N(C=O)CCC(=O)O. The van der Waals surface area contributed by atoms with E-state index in [2.05, 4.69) is 9.55 Å². The van der Waals surface area contributed by atoms with Gasteiger partial charge in [0.25, 0.3) is 0 Å². The van der Waals surface area contributed by atoms with Gasteiger partial charge in [-0.25, -0.2) is 9.37 Å². The van der Waals surface area contributed by atoms with E-state index in [1.54, 1.807) is 25.4 Å². The van der Waals surface area contributed by atoms with Crippen LogP contribution in [0.15, 0.2) is 42.6 Å². The van der Waals surface area contributed by atoms with Crippen molar-refractivity contribution in [1.82, 2.24) is 19.4 Å². The summed E-state index contributed by atoms with van der Waals surface area (Å²) in [6.45, 7) is 0.798. The van der Waals surface area contributed by atoms with Gasteiger partial charge in [-0.3, -0.25) is 24.2 Å². The lowest BCUT2D eigenvalue weighted by molar-refractivity contribution is -0.144. The first-order chi connectivity index (χ1) is 15.4. The highest BCUT2D eigenvalue weighted by Crippen LogP contribution is 2.32. The molecular formula is C23H23FN4O4. The van der Waals surface area contributed by atoms with Crippen molar-refractivity contribution in [2.75, 3.05) is 13.6 Å². The predicted molar refractivity (Wildman–Crippen MR) is 114 cm³/mol. The van der Waals surface area contributed by atoms with E-state index >= 15 is 0 Å². The van der Waals surface area contributed by atoms with Crippen molar-refractivity contribution in [3.8, 4) is 0 Å². The van der Waals surface area contributed by atoms with Gasteiger partial charge in [0.05, 0.1) is 12.5 Å². The van der Waals surface area contributed by atoms with Gasteiger partial charge in [-0.2, -0.15) is 0 Å². The smallest absolute Gasteiger partial charge is 0.305 e. The van der Waals surface area contributed by atoms with Crippen molar-refractivity contribution < 1.29 is 23.9 Å². The second-order valence-electron chi connectivity index (χ2n) is 7.93. The number of aliphatic carboxylic acids is 1. The molecule has 0 radical (unpaired) electrons. The molecule has 1 aromatic carbocycles. The normalized spacial score (nSPS) is 16.0. The zero-order chi connectivity index (χ0) is 22.8. The number of pyridine rings is 1. The predicted octanol–water partition coefficient (Wildman–Crippen LogP) is 2.04. The van der Waals surface area contributed by atoms with Gasteiger partial charge < -0.3 is 9.67 Å². The summed E-state index contributed by atoms with van der Waals surface area (Å²) in [6.07, 6.45) is 2.18. The topological polar surface area (TPSA) is 95.7 Å². The number of fused-ring (bicyclic) bond motifs is 3. The Labute approximate surface area is 183 Å². The van der Waals surface area contributed by atoms with Crippen molar-refractivity contribution in [3.63, 3.8) is 0 Å². The minimum absolute atomic E-state index is 0.164. The number of carboxylic acid groups (broad SMARTS) is 1. The molecule has 32 heavy (non-hydrogen) atoms. The average molecular weight is 438 g/mol. The highest BCUT2D eigenvalue weighted by atomic mass is 19.1. The third kappa shape index (κ3) is 4.11. The molecule has 1 aliphatic heterocycles. The summed E-state index contributed by atoms with van der Waals surface area (Å²) in [5.41, 5.74) is 3.70. The van der Waals surface area contributed by atoms with Crippen molar-refractivity contribution in [2.24, 2.45) is 0 Å². The van der Waals surface area contributed by atoms with Crippen LogP contribution in [0.3, 0.4) is 0 Å². The summed E-state index contributed by atoms with van der Waals surface area (Å²) in [5.74, 6) is -1.79. The Kier molecular flexibility index (Phi) is 6.00.